The maximum Gasteiger partial charge on any atom is 0.314 e. The number of halogens is 1. The van der Waals surface area contributed by atoms with Crippen LogP contribution in [-0.4, -0.2) is 34.1 Å². The highest BCUT2D eigenvalue weighted by Crippen LogP contribution is 2.27. The molecule has 1 aromatic heterocycles. The summed E-state index contributed by atoms with van der Waals surface area (Å²) in [7, 11) is 1.43. The summed E-state index contributed by atoms with van der Waals surface area (Å²) in [6.45, 7) is 0. The predicted molar refractivity (Wildman–Crippen MR) is 64.6 cm³/mol. The molecule has 6 nitrogen and oxygen atoms in total. The monoisotopic (exact) mass is 284 g/mol. The van der Waals surface area contributed by atoms with Crippen LogP contribution in [-0.2, 0) is 4.79 Å². The molecule has 0 fully saturated rings. The van der Waals surface area contributed by atoms with Gasteiger partial charge in [-0.05, 0) is 12.1 Å². The van der Waals surface area contributed by atoms with Crippen molar-refractivity contribution in [3.63, 3.8) is 0 Å². The second-order valence-corrected chi connectivity index (χ2v) is 4.33. The van der Waals surface area contributed by atoms with Gasteiger partial charge in [0, 0.05) is 6.07 Å². The van der Waals surface area contributed by atoms with E-state index in [1.165, 1.54) is 19.2 Å². The fraction of sp³-hybridized carbons (Fsp3) is 0.182. The van der Waals surface area contributed by atoms with E-state index in [2.05, 4.69) is 10.2 Å². The zero-order chi connectivity index (χ0) is 13.8. The van der Waals surface area contributed by atoms with Crippen LogP contribution >= 0.6 is 11.8 Å². The van der Waals surface area contributed by atoms with E-state index < -0.39 is 11.8 Å². The van der Waals surface area contributed by atoms with Crippen molar-refractivity contribution in [2.75, 3.05) is 12.9 Å². The van der Waals surface area contributed by atoms with Crippen molar-refractivity contribution in [1.29, 1.82) is 0 Å². The average Bonchev–Trinajstić information content (AvgIpc) is 2.84. The first-order chi connectivity index (χ1) is 9.10. The number of aromatic nitrogens is 2. The fourth-order valence-electron chi connectivity index (χ4n) is 1.30. The summed E-state index contributed by atoms with van der Waals surface area (Å²) in [5.41, 5.74) is 0.135. The Kier molecular flexibility index (Phi) is 4.00. The van der Waals surface area contributed by atoms with Gasteiger partial charge in [0.1, 0.15) is 17.3 Å². The van der Waals surface area contributed by atoms with Gasteiger partial charge in [0.15, 0.2) is 0 Å². The van der Waals surface area contributed by atoms with Crippen molar-refractivity contribution in [3.8, 4) is 17.2 Å². The molecule has 0 amide bonds. The van der Waals surface area contributed by atoms with Gasteiger partial charge in [-0.25, -0.2) is 4.39 Å². The first-order valence-corrected chi connectivity index (χ1v) is 6.10. The van der Waals surface area contributed by atoms with Gasteiger partial charge in [0.2, 0.25) is 0 Å². The Hall–Kier alpha value is -2.09. The van der Waals surface area contributed by atoms with E-state index in [1.54, 1.807) is 6.07 Å². The Labute approximate surface area is 111 Å². The number of hydrogen-bond acceptors (Lipinski definition) is 6. The molecule has 100 valence electrons. The second-order valence-electron chi connectivity index (χ2n) is 3.40. The van der Waals surface area contributed by atoms with Crippen LogP contribution < -0.4 is 4.74 Å². The van der Waals surface area contributed by atoms with Crippen LogP contribution in [0.15, 0.2) is 27.8 Å². The number of rotatable bonds is 5. The highest BCUT2D eigenvalue weighted by atomic mass is 32.2. The van der Waals surface area contributed by atoms with Crippen LogP contribution in [0.25, 0.3) is 11.5 Å². The Morgan fingerprint density at radius 1 is 1.53 bits per heavy atom. The van der Waals surface area contributed by atoms with Crippen molar-refractivity contribution in [2.24, 2.45) is 0 Å². The molecule has 0 radical (unpaired) electrons. The molecule has 8 heteroatoms. The average molecular weight is 284 g/mol. The van der Waals surface area contributed by atoms with E-state index in [1.807, 2.05) is 0 Å². The summed E-state index contributed by atoms with van der Waals surface area (Å²) in [6.07, 6.45) is 0. The molecule has 0 saturated carbocycles. The zero-order valence-electron chi connectivity index (χ0n) is 9.79. The predicted octanol–water partition coefficient (Wildman–Crippen LogP) is 2.06. The largest absolute Gasteiger partial charge is 0.497 e. The van der Waals surface area contributed by atoms with Crippen molar-refractivity contribution in [2.45, 2.75) is 5.22 Å². The van der Waals surface area contributed by atoms with Crippen LogP contribution in [0.1, 0.15) is 0 Å². The summed E-state index contributed by atoms with van der Waals surface area (Å²) in [5, 5.41) is 15.9. The van der Waals surface area contributed by atoms with E-state index in [0.717, 1.165) is 11.8 Å². The zero-order valence-corrected chi connectivity index (χ0v) is 10.6. The SMILES string of the molecule is COc1ccc(-c2nnc(SCC(=O)O)o2)c(F)c1. The summed E-state index contributed by atoms with van der Waals surface area (Å²) >= 11 is 0.871. The molecule has 0 spiro atoms. The standard InChI is InChI=1S/C11H9FN2O4S/c1-17-6-2-3-7(8(12)4-6)10-13-14-11(18-10)19-5-9(15)16/h2-4H,5H2,1H3,(H,15,16). The molecule has 0 unspecified atom stereocenters. The summed E-state index contributed by atoms with van der Waals surface area (Å²) in [5.74, 6) is -1.39. The number of ether oxygens (including phenoxy) is 1. The van der Waals surface area contributed by atoms with E-state index in [9.17, 15) is 9.18 Å². The molecule has 0 saturated heterocycles. The smallest absolute Gasteiger partial charge is 0.314 e. The molecule has 0 aliphatic rings. The van der Waals surface area contributed by atoms with Gasteiger partial charge in [-0.15, -0.1) is 10.2 Å². The topological polar surface area (TPSA) is 85.5 Å². The number of carboxylic acid groups (broad SMARTS) is 1. The number of carboxylic acids is 1. The van der Waals surface area contributed by atoms with Crippen LogP contribution in [0.2, 0.25) is 0 Å². The lowest BCUT2D eigenvalue weighted by Crippen LogP contribution is -1.97. The molecule has 1 heterocycles. The molecule has 2 aromatic rings. The number of benzene rings is 1. The quantitative estimate of drug-likeness (QED) is 0.841. The minimum Gasteiger partial charge on any atom is -0.497 e. The molecule has 2 rings (SSSR count). The number of nitrogens with zero attached hydrogens (tertiary/aromatic N) is 2. The molecular weight excluding hydrogens is 275 g/mol. The van der Waals surface area contributed by atoms with Crippen LogP contribution in [0, 0.1) is 5.82 Å². The minimum absolute atomic E-state index is 0.00644. The summed E-state index contributed by atoms with van der Waals surface area (Å²) in [6, 6.07) is 4.21. The van der Waals surface area contributed by atoms with Gasteiger partial charge >= 0.3 is 5.97 Å². The van der Waals surface area contributed by atoms with E-state index in [-0.39, 0.29) is 22.4 Å². The fourth-order valence-corrected chi connectivity index (χ4v) is 1.78. The van der Waals surface area contributed by atoms with E-state index in [4.69, 9.17) is 14.3 Å². The maximum atomic E-state index is 13.7. The van der Waals surface area contributed by atoms with Crippen LogP contribution in [0.3, 0.4) is 0 Å². The van der Waals surface area contributed by atoms with Crippen molar-refractivity contribution in [3.05, 3.63) is 24.0 Å². The molecule has 0 aliphatic carbocycles. The van der Waals surface area contributed by atoms with Crippen LogP contribution in [0.5, 0.6) is 5.75 Å². The highest BCUT2D eigenvalue weighted by Gasteiger charge is 2.14. The summed E-state index contributed by atoms with van der Waals surface area (Å²) in [4.78, 5) is 10.4. The van der Waals surface area contributed by atoms with E-state index in [0.29, 0.717) is 5.75 Å². The first-order valence-electron chi connectivity index (χ1n) is 5.12. The molecule has 1 aromatic carbocycles. The first kappa shape index (κ1) is 13.3. The van der Waals surface area contributed by atoms with Crippen LogP contribution in [0.4, 0.5) is 4.39 Å². The molecule has 0 atom stereocenters. The normalized spacial score (nSPS) is 10.4. The number of methoxy groups -OCH3 is 1. The molecular formula is C11H9FN2O4S. The number of hydrogen-bond donors (Lipinski definition) is 1. The Morgan fingerprint density at radius 3 is 2.95 bits per heavy atom. The van der Waals surface area contributed by atoms with E-state index >= 15 is 0 Å². The number of carbonyl (C=O) groups is 1. The minimum atomic E-state index is -1.000. The lowest BCUT2D eigenvalue weighted by Gasteiger charge is -2.01. The number of thioether (sulfide) groups is 1. The van der Waals surface area contributed by atoms with Gasteiger partial charge in [-0.1, -0.05) is 11.8 Å². The lowest BCUT2D eigenvalue weighted by molar-refractivity contribution is -0.133. The second kappa shape index (κ2) is 5.70. The van der Waals surface area contributed by atoms with Crippen molar-refractivity contribution >= 4 is 17.7 Å². The van der Waals surface area contributed by atoms with Crippen molar-refractivity contribution < 1.29 is 23.4 Å². The Morgan fingerprint density at radius 2 is 2.32 bits per heavy atom. The van der Waals surface area contributed by atoms with Gasteiger partial charge in [0.25, 0.3) is 11.1 Å². The third-order valence-electron chi connectivity index (χ3n) is 2.13. The number of aliphatic carboxylic acids is 1. The maximum absolute atomic E-state index is 13.7. The molecule has 0 bridgehead atoms. The Bertz CT molecular complexity index is 602. The molecule has 1 N–H and O–H groups in total. The van der Waals surface area contributed by atoms with Gasteiger partial charge in [-0.2, -0.15) is 0 Å². The Balaban J connectivity index is 2.20. The molecule has 0 aliphatic heterocycles. The third-order valence-corrected chi connectivity index (χ3v) is 2.94. The van der Waals surface area contributed by atoms with Gasteiger partial charge in [-0.3, -0.25) is 4.79 Å². The van der Waals surface area contributed by atoms with Gasteiger partial charge in [0.05, 0.1) is 12.7 Å². The van der Waals surface area contributed by atoms with Gasteiger partial charge < -0.3 is 14.3 Å². The summed E-state index contributed by atoms with van der Waals surface area (Å²) < 4.78 is 23.8. The lowest BCUT2D eigenvalue weighted by atomic mass is 10.2. The highest BCUT2D eigenvalue weighted by molar-refractivity contribution is 7.99. The third kappa shape index (κ3) is 3.22. The van der Waals surface area contributed by atoms with Crippen molar-refractivity contribution in [1.82, 2.24) is 10.2 Å². The molecule has 19 heavy (non-hydrogen) atoms.